The average molecular weight is 287 g/mol. The number of nitrogens with one attached hydrogen (secondary N) is 1. The first kappa shape index (κ1) is 14.6. The van der Waals surface area contributed by atoms with Gasteiger partial charge in [0, 0.05) is 24.5 Å². The summed E-state index contributed by atoms with van der Waals surface area (Å²) in [6, 6.07) is 10.4. The number of benzene rings is 1. The summed E-state index contributed by atoms with van der Waals surface area (Å²) >= 11 is 0. The number of ether oxygens (including phenoxy) is 1. The minimum absolute atomic E-state index is 0.177. The van der Waals surface area contributed by atoms with Gasteiger partial charge < -0.3 is 10.1 Å². The normalized spacial score (nSPS) is 26.0. The molecule has 1 aromatic rings. The quantitative estimate of drug-likeness (QED) is 0.837. The average Bonchev–Trinajstić information content (AvgIpc) is 3.27. The van der Waals surface area contributed by atoms with Crippen LogP contribution in [0.25, 0.3) is 0 Å². The third-order valence-corrected chi connectivity index (χ3v) is 5.02. The molecular weight excluding hydrogens is 262 g/mol. The molecule has 2 aliphatic rings. The Kier molecular flexibility index (Phi) is 4.29. The van der Waals surface area contributed by atoms with Gasteiger partial charge in [-0.3, -0.25) is 4.79 Å². The lowest BCUT2D eigenvalue weighted by Gasteiger charge is -2.41. The van der Waals surface area contributed by atoms with E-state index in [9.17, 15) is 4.79 Å². The predicted molar refractivity (Wildman–Crippen MR) is 83.1 cm³/mol. The fourth-order valence-corrected chi connectivity index (χ4v) is 3.33. The lowest BCUT2D eigenvalue weighted by atomic mass is 9.69. The van der Waals surface area contributed by atoms with E-state index in [0.29, 0.717) is 5.92 Å². The van der Waals surface area contributed by atoms with Crippen molar-refractivity contribution in [2.24, 2.45) is 11.3 Å². The molecule has 1 aromatic carbocycles. The van der Waals surface area contributed by atoms with Crippen molar-refractivity contribution in [1.29, 1.82) is 0 Å². The fourth-order valence-electron chi connectivity index (χ4n) is 3.33. The Bertz CT molecular complexity index is 481. The highest BCUT2D eigenvalue weighted by atomic mass is 16.5. The van der Waals surface area contributed by atoms with Gasteiger partial charge in [-0.25, -0.2) is 0 Å². The molecule has 114 valence electrons. The molecule has 3 heteroatoms. The Morgan fingerprint density at radius 2 is 2.10 bits per heavy atom. The van der Waals surface area contributed by atoms with Gasteiger partial charge in [0.1, 0.15) is 0 Å². The van der Waals surface area contributed by atoms with Crippen molar-refractivity contribution in [1.82, 2.24) is 5.32 Å². The molecule has 2 atom stereocenters. The van der Waals surface area contributed by atoms with Crippen LogP contribution >= 0.6 is 0 Å². The summed E-state index contributed by atoms with van der Waals surface area (Å²) in [7, 11) is 0. The highest BCUT2D eigenvalue weighted by Gasteiger charge is 2.45. The monoisotopic (exact) mass is 287 g/mol. The van der Waals surface area contributed by atoms with E-state index in [2.05, 4.69) is 17.4 Å². The Morgan fingerprint density at radius 1 is 1.33 bits per heavy atom. The summed E-state index contributed by atoms with van der Waals surface area (Å²) in [5.41, 5.74) is 1.51. The van der Waals surface area contributed by atoms with Crippen LogP contribution < -0.4 is 5.32 Å². The van der Waals surface area contributed by atoms with Gasteiger partial charge in [0.25, 0.3) is 0 Å². The molecular formula is C18H25NO2. The first-order valence-corrected chi connectivity index (χ1v) is 8.14. The summed E-state index contributed by atoms with van der Waals surface area (Å²) < 4.78 is 5.59. The van der Waals surface area contributed by atoms with E-state index in [0.717, 1.165) is 26.2 Å². The summed E-state index contributed by atoms with van der Waals surface area (Å²) in [4.78, 5) is 12.3. The van der Waals surface area contributed by atoms with Gasteiger partial charge in [-0.05, 0) is 37.7 Å². The first-order valence-electron chi connectivity index (χ1n) is 8.14. The van der Waals surface area contributed by atoms with Crippen LogP contribution in [0.4, 0.5) is 0 Å². The van der Waals surface area contributed by atoms with Crippen molar-refractivity contribution in [3.8, 4) is 0 Å². The fraction of sp³-hybridized carbons (Fsp3) is 0.611. The van der Waals surface area contributed by atoms with E-state index in [1.165, 1.54) is 24.8 Å². The van der Waals surface area contributed by atoms with Crippen molar-refractivity contribution in [3.05, 3.63) is 35.9 Å². The van der Waals surface area contributed by atoms with Crippen LogP contribution in [0.15, 0.2) is 30.3 Å². The minimum Gasteiger partial charge on any atom is -0.381 e. The van der Waals surface area contributed by atoms with Gasteiger partial charge in [-0.15, -0.1) is 0 Å². The van der Waals surface area contributed by atoms with E-state index < -0.39 is 0 Å². The molecule has 3 nitrogen and oxygen atoms in total. The highest BCUT2D eigenvalue weighted by molar-refractivity contribution is 5.82. The number of hydrogen-bond acceptors (Lipinski definition) is 2. The topological polar surface area (TPSA) is 38.3 Å². The van der Waals surface area contributed by atoms with E-state index in [1.54, 1.807) is 0 Å². The summed E-state index contributed by atoms with van der Waals surface area (Å²) in [5, 5.41) is 3.18. The zero-order chi connectivity index (χ0) is 14.7. The molecule has 0 saturated heterocycles. The maximum atomic E-state index is 12.3. The van der Waals surface area contributed by atoms with E-state index in [4.69, 9.17) is 4.74 Å². The SMILES string of the molecule is CCOCC1(CNC(=O)[C@@H]2C[C@H]2c2ccccc2)CCC1. The standard InChI is InChI=1S/C18H25NO2/c1-2-21-13-18(9-6-10-18)12-19-17(20)16-11-15(16)14-7-4-3-5-8-14/h3-5,7-8,15-16H,2,6,9-13H2,1H3,(H,19,20)/t15-,16+/m0/s1. The second-order valence-corrected chi connectivity index (χ2v) is 6.57. The van der Waals surface area contributed by atoms with Gasteiger partial charge in [-0.1, -0.05) is 36.8 Å². The van der Waals surface area contributed by atoms with Gasteiger partial charge in [0.15, 0.2) is 0 Å². The van der Waals surface area contributed by atoms with Crippen LogP contribution in [0.1, 0.15) is 44.1 Å². The summed E-state index contributed by atoms with van der Waals surface area (Å²) in [5.74, 6) is 0.832. The molecule has 0 heterocycles. The molecule has 0 aromatic heterocycles. The molecule has 2 saturated carbocycles. The van der Waals surface area contributed by atoms with Crippen LogP contribution in [0.5, 0.6) is 0 Å². The van der Waals surface area contributed by atoms with E-state index in [1.807, 2.05) is 25.1 Å². The number of rotatable bonds is 7. The molecule has 1 N–H and O–H groups in total. The van der Waals surface area contributed by atoms with Gasteiger partial charge in [-0.2, -0.15) is 0 Å². The Morgan fingerprint density at radius 3 is 2.71 bits per heavy atom. The Hall–Kier alpha value is -1.35. The molecule has 0 bridgehead atoms. The molecule has 0 unspecified atom stereocenters. The maximum Gasteiger partial charge on any atom is 0.223 e. The van der Waals surface area contributed by atoms with Crippen molar-refractivity contribution >= 4 is 5.91 Å². The van der Waals surface area contributed by atoms with Crippen LogP contribution in [-0.2, 0) is 9.53 Å². The second kappa shape index (κ2) is 6.18. The predicted octanol–water partition coefficient (Wildman–Crippen LogP) is 3.11. The number of amides is 1. The number of hydrogen-bond donors (Lipinski definition) is 1. The number of carbonyl (C=O) groups excluding carboxylic acids is 1. The zero-order valence-electron chi connectivity index (χ0n) is 12.8. The van der Waals surface area contributed by atoms with Crippen molar-refractivity contribution in [3.63, 3.8) is 0 Å². The summed E-state index contributed by atoms with van der Waals surface area (Å²) in [6.07, 6.45) is 4.62. The van der Waals surface area contributed by atoms with Gasteiger partial charge in [0.05, 0.1) is 6.61 Å². The van der Waals surface area contributed by atoms with Crippen molar-refractivity contribution < 1.29 is 9.53 Å². The van der Waals surface area contributed by atoms with Gasteiger partial charge in [0.2, 0.25) is 5.91 Å². The lowest BCUT2D eigenvalue weighted by Crippen LogP contribution is -2.45. The third-order valence-electron chi connectivity index (χ3n) is 5.02. The smallest absolute Gasteiger partial charge is 0.223 e. The zero-order valence-corrected chi connectivity index (χ0v) is 12.8. The van der Waals surface area contributed by atoms with Crippen molar-refractivity contribution in [2.45, 2.75) is 38.5 Å². The summed E-state index contributed by atoms with van der Waals surface area (Å²) in [6.45, 7) is 4.36. The molecule has 2 aliphatic carbocycles. The largest absolute Gasteiger partial charge is 0.381 e. The Labute approximate surface area is 127 Å². The molecule has 3 rings (SSSR count). The van der Waals surface area contributed by atoms with Crippen molar-refractivity contribution in [2.75, 3.05) is 19.8 Å². The lowest BCUT2D eigenvalue weighted by molar-refractivity contribution is -0.123. The molecule has 0 radical (unpaired) electrons. The molecule has 1 amide bonds. The van der Waals surface area contributed by atoms with Crippen LogP contribution in [0, 0.1) is 11.3 Å². The van der Waals surface area contributed by atoms with Crippen LogP contribution in [0.3, 0.4) is 0 Å². The van der Waals surface area contributed by atoms with Crippen LogP contribution in [0.2, 0.25) is 0 Å². The second-order valence-electron chi connectivity index (χ2n) is 6.57. The molecule has 0 aliphatic heterocycles. The maximum absolute atomic E-state index is 12.3. The first-order chi connectivity index (χ1) is 10.2. The van der Waals surface area contributed by atoms with E-state index >= 15 is 0 Å². The molecule has 0 spiro atoms. The van der Waals surface area contributed by atoms with Gasteiger partial charge >= 0.3 is 0 Å². The third kappa shape index (κ3) is 3.29. The number of carbonyl (C=O) groups is 1. The highest BCUT2D eigenvalue weighted by Crippen LogP contribution is 2.48. The van der Waals surface area contributed by atoms with E-state index in [-0.39, 0.29) is 17.2 Å². The van der Waals surface area contributed by atoms with Crippen LogP contribution in [-0.4, -0.2) is 25.7 Å². The Balaban J connectivity index is 1.47. The molecule has 21 heavy (non-hydrogen) atoms. The molecule has 2 fully saturated rings. The minimum atomic E-state index is 0.177.